The van der Waals surface area contributed by atoms with Crippen LogP contribution in [0.1, 0.15) is 168 Å². The summed E-state index contributed by atoms with van der Waals surface area (Å²) in [6.07, 6.45) is 44.1. The first-order chi connectivity index (χ1) is 22.9. The first kappa shape index (κ1) is 46.1. The Morgan fingerprint density at radius 2 is 0.812 bits per heavy atom. The van der Waals surface area contributed by atoms with Gasteiger partial charge in [0.1, 0.15) is 13.1 Å². The van der Waals surface area contributed by atoms with Crippen LogP contribution >= 0.6 is 0 Å². The van der Waals surface area contributed by atoms with E-state index in [0.29, 0.717) is 30.4 Å². The average molecular weight is 693 g/mol. The van der Waals surface area contributed by atoms with E-state index in [0.717, 1.165) is 64.2 Å². The van der Waals surface area contributed by atoms with E-state index in [4.69, 9.17) is 9.47 Å². The van der Waals surface area contributed by atoms with Crippen molar-refractivity contribution < 1.29 is 36.0 Å². The van der Waals surface area contributed by atoms with Gasteiger partial charge < -0.3 is 26.4 Å². The molecule has 6 heteroatoms. The van der Waals surface area contributed by atoms with Crippen molar-refractivity contribution in [1.29, 1.82) is 0 Å². The minimum atomic E-state index is -0.343. The molecule has 0 bridgehead atoms. The molecule has 1 fully saturated rings. The monoisotopic (exact) mass is 692 g/mol. The second kappa shape index (κ2) is 32.4. The van der Waals surface area contributed by atoms with Gasteiger partial charge >= 0.3 is 11.9 Å². The molecule has 2 unspecified atom stereocenters. The smallest absolute Gasteiger partial charge is 0.306 e. The van der Waals surface area contributed by atoms with Gasteiger partial charge in [0.2, 0.25) is 0 Å². The zero-order chi connectivity index (χ0) is 34.3. The third-order valence-corrected chi connectivity index (χ3v) is 8.99. The summed E-state index contributed by atoms with van der Waals surface area (Å²) < 4.78 is 12.4. The molecule has 48 heavy (non-hydrogen) atoms. The molecule has 1 heterocycles. The van der Waals surface area contributed by atoms with E-state index in [1.54, 1.807) is 0 Å². The molecule has 0 radical (unpaired) electrons. The van der Waals surface area contributed by atoms with E-state index in [-0.39, 0.29) is 36.6 Å². The normalized spacial score (nSPS) is 17.6. The lowest BCUT2D eigenvalue weighted by molar-refractivity contribution is -0.880. The van der Waals surface area contributed by atoms with Gasteiger partial charge in [-0.05, 0) is 77.0 Å². The molecule has 1 aliphatic heterocycles. The maximum Gasteiger partial charge on any atom is 0.306 e. The standard InChI is InChI=1S/C42H74NO4.ClH/c1-5-7-9-11-13-15-17-19-21-23-25-27-29-31-33-35-41(44)46-39-37-43(3,4)38-40(39)47-42(45)36-34-32-30-28-26-24-22-20-18-16-14-12-10-8-6-2;/h13-16,19-22,39-40H,5-12,17-18,23-38H2,1-4H3;1H/q+1;/p-1/b15-13-,16-14-,21-19-,22-20-;. The summed E-state index contributed by atoms with van der Waals surface area (Å²) in [5, 5.41) is 0. The number of likely N-dealkylation sites (tertiary alicyclic amines) is 1. The quantitative estimate of drug-likeness (QED) is 0.0328. The number of nitrogens with zero attached hydrogens (tertiary/aromatic N) is 1. The number of halogens is 1. The van der Waals surface area contributed by atoms with Gasteiger partial charge in [0.15, 0.2) is 12.2 Å². The number of unbranched alkanes of at least 4 members (excludes halogenated alkanes) is 16. The predicted octanol–water partition coefficient (Wildman–Crippen LogP) is 8.53. The molecule has 1 aliphatic rings. The fourth-order valence-corrected chi connectivity index (χ4v) is 6.13. The maximum atomic E-state index is 12.6. The minimum absolute atomic E-state index is 0. The number of ether oxygens (including phenoxy) is 2. The number of likely N-dealkylation sites (N-methyl/N-ethyl adjacent to an activating group) is 1. The van der Waals surface area contributed by atoms with Crippen LogP contribution in [0.3, 0.4) is 0 Å². The van der Waals surface area contributed by atoms with Crippen LogP contribution in [-0.2, 0) is 19.1 Å². The van der Waals surface area contributed by atoms with Gasteiger partial charge in [-0.2, -0.15) is 0 Å². The van der Waals surface area contributed by atoms with Crippen LogP contribution in [0.25, 0.3) is 0 Å². The van der Waals surface area contributed by atoms with Crippen LogP contribution in [0.5, 0.6) is 0 Å². The fraction of sp³-hybridized carbons (Fsp3) is 0.762. The predicted molar refractivity (Wildman–Crippen MR) is 200 cm³/mol. The first-order valence-electron chi connectivity index (χ1n) is 19.7. The summed E-state index contributed by atoms with van der Waals surface area (Å²) >= 11 is 0. The lowest BCUT2D eigenvalue weighted by Crippen LogP contribution is -3.00. The van der Waals surface area contributed by atoms with Gasteiger partial charge in [0.05, 0.1) is 14.1 Å². The van der Waals surface area contributed by atoms with E-state index in [1.165, 1.54) is 77.0 Å². The zero-order valence-electron chi connectivity index (χ0n) is 31.6. The van der Waals surface area contributed by atoms with Crippen LogP contribution in [0.4, 0.5) is 0 Å². The highest BCUT2D eigenvalue weighted by atomic mass is 35.5. The van der Waals surface area contributed by atoms with E-state index < -0.39 is 0 Å². The largest absolute Gasteiger partial charge is 1.00 e. The Labute approximate surface area is 303 Å². The van der Waals surface area contributed by atoms with Gasteiger partial charge in [-0.1, -0.05) is 127 Å². The average Bonchev–Trinajstić information content (AvgIpc) is 3.32. The molecular weight excluding hydrogens is 618 g/mol. The SMILES string of the molecule is CCCCC/C=C\C/C=C\CCCCCCCC(=O)OC1C[N+](C)(C)CC1OC(=O)CCCCCCC/C=C\C/C=C\CCCCC.[Cl-]. The number of allylic oxidation sites excluding steroid dienone is 8. The number of quaternary nitrogens is 1. The molecule has 0 amide bonds. The molecule has 0 aromatic heterocycles. The zero-order valence-corrected chi connectivity index (χ0v) is 32.4. The summed E-state index contributed by atoms with van der Waals surface area (Å²) in [5.74, 6) is -0.310. The van der Waals surface area contributed by atoms with Crippen molar-refractivity contribution in [3.05, 3.63) is 48.6 Å². The molecule has 1 saturated heterocycles. The highest BCUT2D eigenvalue weighted by Gasteiger charge is 2.45. The fourth-order valence-electron chi connectivity index (χ4n) is 6.13. The van der Waals surface area contributed by atoms with Crippen molar-refractivity contribution in [3.63, 3.8) is 0 Å². The van der Waals surface area contributed by atoms with Crippen molar-refractivity contribution in [2.45, 2.75) is 180 Å². The highest BCUT2D eigenvalue weighted by molar-refractivity contribution is 5.70. The maximum absolute atomic E-state index is 12.6. The molecule has 0 aliphatic carbocycles. The Balaban J connectivity index is 0.0000221. The third-order valence-electron chi connectivity index (χ3n) is 8.99. The summed E-state index contributed by atoms with van der Waals surface area (Å²) in [6, 6.07) is 0. The van der Waals surface area contributed by atoms with Crippen molar-refractivity contribution in [2.75, 3.05) is 27.2 Å². The van der Waals surface area contributed by atoms with Gasteiger partial charge in [-0.15, -0.1) is 0 Å². The molecule has 278 valence electrons. The summed E-state index contributed by atoms with van der Waals surface area (Å²) in [6.45, 7) is 5.87. The van der Waals surface area contributed by atoms with Crippen LogP contribution < -0.4 is 12.4 Å². The number of hydrogen-bond acceptors (Lipinski definition) is 4. The number of esters is 2. The van der Waals surface area contributed by atoms with Crippen LogP contribution in [0.2, 0.25) is 0 Å². The molecule has 0 spiro atoms. The van der Waals surface area contributed by atoms with Gasteiger partial charge in [0, 0.05) is 12.8 Å². The van der Waals surface area contributed by atoms with Crippen molar-refractivity contribution >= 4 is 11.9 Å². The van der Waals surface area contributed by atoms with Crippen LogP contribution in [-0.4, -0.2) is 55.8 Å². The second-order valence-corrected chi connectivity index (χ2v) is 14.3. The van der Waals surface area contributed by atoms with Crippen LogP contribution in [0.15, 0.2) is 48.6 Å². The molecule has 1 rings (SSSR count). The number of rotatable bonds is 30. The molecule has 0 aromatic carbocycles. The molecule has 0 saturated carbocycles. The molecule has 0 aromatic rings. The van der Waals surface area contributed by atoms with Crippen molar-refractivity contribution in [1.82, 2.24) is 0 Å². The van der Waals surface area contributed by atoms with Crippen molar-refractivity contribution in [2.24, 2.45) is 0 Å². The first-order valence-corrected chi connectivity index (χ1v) is 19.7. The van der Waals surface area contributed by atoms with E-state index in [2.05, 4.69) is 76.6 Å². The lowest BCUT2D eigenvalue weighted by Gasteiger charge is -2.22. The third kappa shape index (κ3) is 28.0. The molecule has 2 atom stereocenters. The highest BCUT2D eigenvalue weighted by Crippen LogP contribution is 2.23. The Morgan fingerprint density at radius 1 is 0.500 bits per heavy atom. The van der Waals surface area contributed by atoms with Gasteiger partial charge in [-0.25, -0.2) is 0 Å². The molecule has 5 nitrogen and oxygen atoms in total. The Bertz CT molecular complexity index is 824. The van der Waals surface area contributed by atoms with Crippen LogP contribution in [0, 0.1) is 0 Å². The topological polar surface area (TPSA) is 52.6 Å². The number of carbonyl (C=O) groups excluding carboxylic acids is 2. The van der Waals surface area contributed by atoms with E-state index >= 15 is 0 Å². The second-order valence-electron chi connectivity index (χ2n) is 14.3. The summed E-state index contributed by atoms with van der Waals surface area (Å²) in [7, 11) is 4.21. The Kier molecular flexibility index (Phi) is 31.1. The minimum Gasteiger partial charge on any atom is -1.00 e. The van der Waals surface area contributed by atoms with E-state index in [9.17, 15) is 9.59 Å². The van der Waals surface area contributed by atoms with Crippen molar-refractivity contribution in [3.8, 4) is 0 Å². The number of carbonyl (C=O) groups is 2. The molecule has 0 N–H and O–H groups in total. The summed E-state index contributed by atoms with van der Waals surface area (Å²) in [4.78, 5) is 25.2. The molecular formula is C42H74ClNO4. The van der Waals surface area contributed by atoms with Gasteiger partial charge in [0.25, 0.3) is 0 Å². The summed E-state index contributed by atoms with van der Waals surface area (Å²) in [5.41, 5.74) is 0. The van der Waals surface area contributed by atoms with E-state index in [1.807, 2.05) is 0 Å². The Hall–Kier alpha value is -1.85. The Morgan fingerprint density at radius 3 is 1.17 bits per heavy atom. The van der Waals surface area contributed by atoms with Gasteiger partial charge in [-0.3, -0.25) is 9.59 Å². The number of hydrogen-bond donors (Lipinski definition) is 0. The lowest BCUT2D eigenvalue weighted by atomic mass is 10.1.